The summed E-state index contributed by atoms with van der Waals surface area (Å²) in [4.78, 5) is 19.1. The smallest absolute Gasteiger partial charge is 0.249 e. The Morgan fingerprint density at radius 2 is 2.07 bits per heavy atom. The summed E-state index contributed by atoms with van der Waals surface area (Å²) < 4.78 is 5.75. The fraction of sp³-hybridized carbons (Fsp3) is 0.400. The number of nitrogens with zero attached hydrogens (tertiary/aromatic N) is 4. The molecule has 0 N–H and O–H groups in total. The molecule has 0 unspecified atom stereocenters. The van der Waals surface area contributed by atoms with Crippen LogP contribution in [-0.2, 0) is 17.8 Å². The summed E-state index contributed by atoms with van der Waals surface area (Å²) in [6, 6.07) is 7.29. The first-order chi connectivity index (χ1) is 13.5. The number of rotatable bonds is 8. The Labute approximate surface area is 173 Å². The highest BCUT2D eigenvalue weighted by atomic mass is 35.5. The lowest BCUT2D eigenvalue weighted by Gasteiger charge is -2.19. The molecule has 3 rings (SSSR count). The number of hydrogen-bond acceptors (Lipinski definition) is 6. The zero-order chi connectivity index (χ0) is 20.1. The van der Waals surface area contributed by atoms with Crippen LogP contribution in [0.25, 0.3) is 11.5 Å². The Bertz CT molecular complexity index is 938. The van der Waals surface area contributed by atoms with Crippen molar-refractivity contribution >= 4 is 28.8 Å². The zero-order valence-electron chi connectivity index (χ0n) is 16.2. The van der Waals surface area contributed by atoms with Crippen LogP contribution in [-0.4, -0.2) is 32.5 Å². The normalized spacial score (nSPS) is 11.2. The van der Waals surface area contributed by atoms with Crippen molar-refractivity contribution < 1.29 is 9.21 Å². The van der Waals surface area contributed by atoms with Gasteiger partial charge in [-0.25, -0.2) is 4.98 Å². The van der Waals surface area contributed by atoms with Crippen LogP contribution in [0.1, 0.15) is 49.7 Å². The van der Waals surface area contributed by atoms with Gasteiger partial charge in [0.25, 0.3) is 0 Å². The van der Waals surface area contributed by atoms with Gasteiger partial charge in [-0.05, 0) is 18.6 Å². The molecular weight excluding hydrogens is 396 g/mol. The van der Waals surface area contributed by atoms with Crippen molar-refractivity contribution in [2.75, 3.05) is 6.54 Å². The summed E-state index contributed by atoms with van der Waals surface area (Å²) in [5, 5.41) is 11.7. The van der Waals surface area contributed by atoms with Crippen molar-refractivity contribution in [3.63, 3.8) is 0 Å². The average molecular weight is 419 g/mol. The van der Waals surface area contributed by atoms with Crippen molar-refractivity contribution in [2.24, 2.45) is 0 Å². The number of thiazole rings is 1. The maximum Gasteiger partial charge on any atom is 0.249 e. The minimum Gasteiger partial charge on any atom is -0.419 e. The number of carbonyl (C=O) groups is 1. The van der Waals surface area contributed by atoms with E-state index >= 15 is 0 Å². The second kappa shape index (κ2) is 9.30. The van der Waals surface area contributed by atoms with Gasteiger partial charge in [0.15, 0.2) is 0 Å². The summed E-state index contributed by atoms with van der Waals surface area (Å²) in [5.74, 6) is 1.10. The molecule has 0 saturated heterocycles. The van der Waals surface area contributed by atoms with Gasteiger partial charge >= 0.3 is 0 Å². The van der Waals surface area contributed by atoms with E-state index in [4.69, 9.17) is 16.0 Å². The van der Waals surface area contributed by atoms with E-state index in [9.17, 15) is 4.79 Å². The highest BCUT2D eigenvalue weighted by molar-refractivity contribution is 7.09. The molecule has 8 heteroatoms. The van der Waals surface area contributed by atoms with Crippen LogP contribution in [0.3, 0.4) is 0 Å². The minimum absolute atomic E-state index is 0.0000466. The topological polar surface area (TPSA) is 72.1 Å². The highest BCUT2D eigenvalue weighted by Gasteiger charge is 2.19. The molecule has 148 valence electrons. The third kappa shape index (κ3) is 4.97. The van der Waals surface area contributed by atoms with E-state index in [1.54, 1.807) is 22.3 Å². The van der Waals surface area contributed by atoms with Crippen LogP contribution in [0.2, 0.25) is 5.02 Å². The molecule has 6 nitrogen and oxygen atoms in total. The number of hydrogen-bond donors (Lipinski definition) is 0. The maximum absolute atomic E-state index is 12.8. The quantitative estimate of drug-likeness (QED) is 0.517. The Morgan fingerprint density at radius 3 is 2.75 bits per heavy atom. The fourth-order valence-corrected chi connectivity index (χ4v) is 3.77. The summed E-state index contributed by atoms with van der Waals surface area (Å²) in [6.07, 6.45) is 1.11. The lowest BCUT2D eigenvalue weighted by molar-refractivity contribution is -0.131. The third-order valence-corrected chi connectivity index (χ3v) is 5.66. The van der Waals surface area contributed by atoms with Crippen molar-refractivity contribution in [3.8, 4) is 11.5 Å². The van der Waals surface area contributed by atoms with Gasteiger partial charge in [-0.2, -0.15) is 0 Å². The lowest BCUT2D eigenvalue weighted by atomic mass is 10.2. The molecule has 0 radical (unpaired) electrons. The molecule has 0 atom stereocenters. The largest absolute Gasteiger partial charge is 0.419 e. The Morgan fingerprint density at radius 1 is 1.29 bits per heavy atom. The van der Waals surface area contributed by atoms with Crippen LogP contribution in [0, 0.1) is 0 Å². The Hall–Kier alpha value is -2.25. The number of amides is 1. The lowest BCUT2D eigenvalue weighted by Crippen LogP contribution is -2.32. The standard InChI is InChI=1S/C20H23ClN4O2S/c1-4-9-25(18(26)10-14-12-28-20(22-14)13(2)3)11-17-23-24-19(27-17)15-7-5-6-8-16(15)21/h5-8,12-13H,4,9-11H2,1-3H3. The van der Waals surface area contributed by atoms with Crippen LogP contribution in [0.4, 0.5) is 0 Å². The van der Waals surface area contributed by atoms with Gasteiger partial charge in [0.2, 0.25) is 17.7 Å². The molecule has 28 heavy (non-hydrogen) atoms. The molecule has 0 spiro atoms. The first-order valence-corrected chi connectivity index (χ1v) is 10.5. The van der Waals surface area contributed by atoms with Gasteiger partial charge in [-0.15, -0.1) is 21.5 Å². The van der Waals surface area contributed by atoms with Crippen molar-refractivity contribution in [2.45, 2.75) is 46.1 Å². The summed E-state index contributed by atoms with van der Waals surface area (Å²) in [7, 11) is 0. The first-order valence-electron chi connectivity index (χ1n) is 9.27. The van der Waals surface area contributed by atoms with Gasteiger partial charge < -0.3 is 9.32 Å². The van der Waals surface area contributed by atoms with Crippen LogP contribution in [0.15, 0.2) is 34.1 Å². The average Bonchev–Trinajstić information content (AvgIpc) is 3.31. The van der Waals surface area contributed by atoms with E-state index in [1.165, 1.54) is 0 Å². The van der Waals surface area contributed by atoms with E-state index in [0.29, 0.717) is 34.8 Å². The molecule has 0 aliphatic rings. The van der Waals surface area contributed by atoms with E-state index in [0.717, 1.165) is 17.1 Å². The van der Waals surface area contributed by atoms with Gasteiger partial charge in [-0.3, -0.25) is 4.79 Å². The predicted molar refractivity (Wildman–Crippen MR) is 110 cm³/mol. The van der Waals surface area contributed by atoms with Gasteiger partial charge in [0.1, 0.15) is 0 Å². The molecule has 0 aliphatic heterocycles. The van der Waals surface area contributed by atoms with Crippen LogP contribution in [0.5, 0.6) is 0 Å². The second-order valence-electron chi connectivity index (χ2n) is 6.80. The third-order valence-electron chi connectivity index (χ3n) is 4.14. The van der Waals surface area contributed by atoms with E-state index in [-0.39, 0.29) is 18.9 Å². The summed E-state index contributed by atoms with van der Waals surface area (Å²) in [6.45, 7) is 7.11. The number of aromatic nitrogens is 3. The number of halogens is 1. The second-order valence-corrected chi connectivity index (χ2v) is 8.10. The molecular formula is C20H23ClN4O2S. The molecule has 2 heterocycles. The molecule has 0 fully saturated rings. The summed E-state index contributed by atoms with van der Waals surface area (Å²) >= 11 is 7.79. The zero-order valence-corrected chi connectivity index (χ0v) is 17.8. The molecule has 0 bridgehead atoms. The van der Waals surface area contributed by atoms with E-state index in [2.05, 4.69) is 29.0 Å². The highest BCUT2D eigenvalue weighted by Crippen LogP contribution is 2.26. The van der Waals surface area contributed by atoms with Gasteiger partial charge in [0.05, 0.1) is 34.3 Å². The number of carbonyl (C=O) groups excluding carboxylic acids is 1. The van der Waals surface area contributed by atoms with Gasteiger partial charge in [-0.1, -0.05) is 44.5 Å². The fourth-order valence-electron chi connectivity index (χ4n) is 2.72. The van der Waals surface area contributed by atoms with Crippen molar-refractivity contribution in [3.05, 3.63) is 51.3 Å². The molecule has 0 saturated carbocycles. The maximum atomic E-state index is 12.8. The van der Waals surface area contributed by atoms with Crippen LogP contribution < -0.4 is 0 Å². The first kappa shape index (κ1) is 20.5. The summed E-state index contributed by atoms with van der Waals surface area (Å²) in [5.41, 5.74) is 1.49. The van der Waals surface area contributed by atoms with Gasteiger partial charge in [0, 0.05) is 17.8 Å². The van der Waals surface area contributed by atoms with Crippen molar-refractivity contribution in [1.82, 2.24) is 20.1 Å². The molecule has 1 amide bonds. The Kier molecular flexibility index (Phi) is 6.80. The monoisotopic (exact) mass is 418 g/mol. The van der Waals surface area contributed by atoms with E-state index in [1.807, 2.05) is 30.5 Å². The molecule has 3 aromatic rings. The Balaban J connectivity index is 1.70. The molecule has 2 aromatic heterocycles. The molecule has 1 aromatic carbocycles. The SMILES string of the molecule is CCCN(Cc1nnc(-c2ccccc2Cl)o1)C(=O)Cc1csc(C(C)C)n1. The molecule has 0 aliphatic carbocycles. The van der Waals surface area contributed by atoms with Crippen molar-refractivity contribution in [1.29, 1.82) is 0 Å². The number of benzene rings is 1. The van der Waals surface area contributed by atoms with Crippen LogP contribution >= 0.6 is 22.9 Å². The predicted octanol–water partition coefficient (Wildman–Crippen LogP) is 4.95. The van der Waals surface area contributed by atoms with E-state index < -0.39 is 0 Å². The minimum atomic E-state index is -0.0000466.